The Morgan fingerprint density at radius 3 is 2.79 bits per heavy atom. The third kappa shape index (κ3) is 3.00. The zero-order chi connectivity index (χ0) is 14.3. The fraction of sp³-hybridized carbons (Fsp3) is 0.538. The lowest BCUT2D eigenvalue weighted by Gasteiger charge is -2.34. The number of carbonyl (C=O) groups excluding carboxylic acids is 1. The molecule has 0 aromatic carbocycles. The lowest BCUT2D eigenvalue weighted by atomic mass is 10.0. The van der Waals surface area contributed by atoms with E-state index < -0.39 is 24.2 Å². The predicted octanol–water partition coefficient (Wildman–Crippen LogP) is 2.92. The first-order valence-corrected chi connectivity index (χ1v) is 5.99. The summed E-state index contributed by atoms with van der Waals surface area (Å²) >= 11 is 0. The van der Waals surface area contributed by atoms with Crippen LogP contribution in [0.25, 0.3) is 0 Å². The van der Waals surface area contributed by atoms with Crippen molar-refractivity contribution in [1.82, 2.24) is 9.88 Å². The van der Waals surface area contributed by atoms with Crippen molar-refractivity contribution in [2.24, 2.45) is 0 Å². The van der Waals surface area contributed by atoms with Crippen molar-refractivity contribution in [3.63, 3.8) is 0 Å². The Balaban J connectivity index is 2.23. The van der Waals surface area contributed by atoms with E-state index >= 15 is 0 Å². The number of carbonyl (C=O) groups is 1. The van der Waals surface area contributed by atoms with Gasteiger partial charge in [-0.05, 0) is 32.4 Å². The molecule has 19 heavy (non-hydrogen) atoms. The van der Waals surface area contributed by atoms with Gasteiger partial charge >= 0.3 is 12.0 Å². The molecule has 6 heteroatoms. The van der Waals surface area contributed by atoms with E-state index in [1.165, 1.54) is 6.20 Å². The Bertz CT molecular complexity index is 498. The van der Waals surface area contributed by atoms with Crippen LogP contribution in [0.5, 0.6) is 0 Å². The van der Waals surface area contributed by atoms with E-state index in [1.807, 2.05) is 0 Å². The monoisotopic (exact) mass is 270 g/mol. The first kappa shape index (κ1) is 13.7. The van der Waals surface area contributed by atoms with Crippen LogP contribution >= 0.6 is 0 Å². The lowest BCUT2D eigenvalue weighted by Crippen LogP contribution is -2.46. The number of hydrogen-bond acceptors (Lipinski definition) is 3. The van der Waals surface area contributed by atoms with Crippen LogP contribution in [0, 0.1) is 0 Å². The third-order valence-corrected chi connectivity index (χ3v) is 2.64. The van der Waals surface area contributed by atoms with Gasteiger partial charge < -0.3 is 4.74 Å². The van der Waals surface area contributed by atoms with Gasteiger partial charge in [0.1, 0.15) is 11.3 Å². The molecule has 0 saturated carbocycles. The van der Waals surface area contributed by atoms with Crippen LogP contribution in [-0.4, -0.2) is 28.1 Å². The Morgan fingerprint density at radius 2 is 2.16 bits per heavy atom. The van der Waals surface area contributed by atoms with Crippen molar-refractivity contribution >= 4 is 6.09 Å². The third-order valence-electron chi connectivity index (χ3n) is 2.64. The van der Waals surface area contributed by atoms with Gasteiger partial charge in [-0.15, -0.1) is 0 Å². The fourth-order valence-corrected chi connectivity index (χ4v) is 1.93. The Kier molecular flexibility index (Phi) is 3.20. The van der Waals surface area contributed by atoms with Crippen LogP contribution in [0.15, 0.2) is 18.3 Å². The van der Waals surface area contributed by atoms with E-state index in [2.05, 4.69) is 4.98 Å². The molecule has 2 rings (SSSR count). The molecule has 0 atom stereocenters. The number of pyridine rings is 1. The Hall–Kier alpha value is -1.72. The number of amides is 1. The Labute approximate surface area is 110 Å². The summed E-state index contributed by atoms with van der Waals surface area (Å²) in [6.07, 6.45) is 0.595. The number of ether oxygens (including phenoxy) is 1. The molecular weight excluding hydrogens is 254 g/mol. The molecular formula is C13H16F2N2O2. The summed E-state index contributed by atoms with van der Waals surface area (Å²) < 4.78 is 33.0. The summed E-state index contributed by atoms with van der Waals surface area (Å²) in [4.78, 5) is 16.6. The molecule has 0 aliphatic carbocycles. The minimum Gasteiger partial charge on any atom is -0.444 e. The SMILES string of the molecule is CC(C)(C)OC(=O)N1Cc2cccnc2C(F)(F)C1. The number of nitrogens with zero attached hydrogens (tertiary/aromatic N) is 2. The second kappa shape index (κ2) is 4.43. The van der Waals surface area contributed by atoms with Gasteiger partial charge in [0.25, 0.3) is 0 Å². The van der Waals surface area contributed by atoms with Gasteiger partial charge in [-0.2, -0.15) is 8.78 Å². The zero-order valence-electron chi connectivity index (χ0n) is 11.1. The highest BCUT2D eigenvalue weighted by Crippen LogP contribution is 2.35. The first-order valence-electron chi connectivity index (χ1n) is 5.99. The van der Waals surface area contributed by atoms with E-state index in [1.54, 1.807) is 32.9 Å². The molecule has 1 amide bonds. The molecule has 2 heterocycles. The normalized spacial score (nSPS) is 17.8. The van der Waals surface area contributed by atoms with Crippen molar-refractivity contribution in [2.75, 3.05) is 6.54 Å². The van der Waals surface area contributed by atoms with E-state index in [9.17, 15) is 13.6 Å². The van der Waals surface area contributed by atoms with Crippen LogP contribution in [0.3, 0.4) is 0 Å². The van der Waals surface area contributed by atoms with Crippen LogP contribution < -0.4 is 0 Å². The van der Waals surface area contributed by atoms with Crippen molar-refractivity contribution in [3.05, 3.63) is 29.6 Å². The van der Waals surface area contributed by atoms with Crippen molar-refractivity contribution in [2.45, 2.75) is 38.8 Å². The molecule has 0 unspecified atom stereocenters. The number of alkyl halides is 2. The quantitative estimate of drug-likeness (QED) is 0.728. The van der Waals surface area contributed by atoms with Gasteiger partial charge in [-0.25, -0.2) is 4.79 Å². The topological polar surface area (TPSA) is 42.4 Å². The highest BCUT2D eigenvalue weighted by molar-refractivity contribution is 5.68. The first-order chi connectivity index (χ1) is 8.69. The molecule has 1 aliphatic heterocycles. The lowest BCUT2D eigenvalue weighted by molar-refractivity contribution is -0.0624. The summed E-state index contributed by atoms with van der Waals surface area (Å²) in [5.41, 5.74) is -0.610. The van der Waals surface area contributed by atoms with Crippen molar-refractivity contribution in [3.8, 4) is 0 Å². The summed E-state index contributed by atoms with van der Waals surface area (Å²) in [6, 6.07) is 3.13. The largest absolute Gasteiger partial charge is 0.444 e. The number of rotatable bonds is 0. The molecule has 1 aromatic heterocycles. The maximum absolute atomic E-state index is 13.9. The zero-order valence-corrected chi connectivity index (χ0v) is 11.1. The number of aromatic nitrogens is 1. The van der Waals surface area contributed by atoms with Crippen LogP contribution in [0.4, 0.5) is 13.6 Å². The second-order valence-corrected chi connectivity index (χ2v) is 5.55. The number of hydrogen-bond donors (Lipinski definition) is 0. The highest BCUT2D eigenvalue weighted by atomic mass is 19.3. The molecule has 1 aliphatic rings. The van der Waals surface area contributed by atoms with Gasteiger partial charge in [0.15, 0.2) is 0 Å². The molecule has 1 aromatic rings. The molecule has 0 radical (unpaired) electrons. The second-order valence-electron chi connectivity index (χ2n) is 5.55. The minimum atomic E-state index is -3.15. The van der Waals surface area contributed by atoms with Crippen LogP contribution in [0.2, 0.25) is 0 Å². The van der Waals surface area contributed by atoms with Gasteiger partial charge in [0.05, 0.1) is 13.1 Å². The molecule has 104 valence electrons. The standard InChI is InChI=1S/C13H16F2N2O2/c1-12(2,3)19-11(18)17-7-9-5-4-6-16-10(9)13(14,15)8-17/h4-6H,7-8H2,1-3H3. The molecule has 0 bridgehead atoms. The van der Waals surface area contributed by atoms with Crippen molar-refractivity contribution < 1.29 is 18.3 Å². The highest BCUT2D eigenvalue weighted by Gasteiger charge is 2.44. The summed E-state index contributed by atoms with van der Waals surface area (Å²) in [6.45, 7) is 4.48. The van der Waals surface area contributed by atoms with Crippen molar-refractivity contribution in [1.29, 1.82) is 0 Å². The number of fused-ring (bicyclic) bond motifs is 1. The van der Waals surface area contributed by atoms with E-state index in [4.69, 9.17) is 4.74 Å². The van der Waals surface area contributed by atoms with Gasteiger partial charge in [0, 0.05) is 6.20 Å². The number of halogens is 2. The summed E-state index contributed by atoms with van der Waals surface area (Å²) in [7, 11) is 0. The average Bonchev–Trinajstić information content (AvgIpc) is 2.25. The molecule has 0 fully saturated rings. The van der Waals surface area contributed by atoms with Gasteiger partial charge in [0.2, 0.25) is 0 Å². The Morgan fingerprint density at radius 1 is 1.47 bits per heavy atom. The predicted molar refractivity (Wildman–Crippen MR) is 64.8 cm³/mol. The maximum Gasteiger partial charge on any atom is 0.410 e. The minimum absolute atomic E-state index is 0.0909. The van der Waals surface area contributed by atoms with E-state index in [0.29, 0.717) is 5.56 Å². The molecule has 0 spiro atoms. The fourth-order valence-electron chi connectivity index (χ4n) is 1.93. The molecule has 0 N–H and O–H groups in total. The summed E-state index contributed by atoms with van der Waals surface area (Å²) in [5, 5.41) is 0. The maximum atomic E-state index is 13.9. The van der Waals surface area contributed by atoms with E-state index in [-0.39, 0.29) is 12.2 Å². The molecule has 4 nitrogen and oxygen atoms in total. The van der Waals surface area contributed by atoms with E-state index in [0.717, 1.165) is 4.90 Å². The summed E-state index contributed by atoms with van der Waals surface area (Å²) in [5.74, 6) is -3.15. The van der Waals surface area contributed by atoms with Gasteiger partial charge in [-0.3, -0.25) is 9.88 Å². The van der Waals surface area contributed by atoms with Crippen LogP contribution in [0.1, 0.15) is 32.0 Å². The molecule has 0 saturated heterocycles. The van der Waals surface area contributed by atoms with Gasteiger partial charge in [-0.1, -0.05) is 6.07 Å². The van der Waals surface area contributed by atoms with Crippen LogP contribution in [-0.2, 0) is 17.2 Å². The average molecular weight is 270 g/mol. The smallest absolute Gasteiger partial charge is 0.410 e.